The molecule has 0 aliphatic heterocycles. The predicted molar refractivity (Wildman–Crippen MR) is 338 cm³/mol. The van der Waals surface area contributed by atoms with E-state index >= 15 is 0 Å². The van der Waals surface area contributed by atoms with Gasteiger partial charge in [0, 0.05) is 12.8 Å². The number of amides is 1. The largest absolute Gasteiger partial charge is 0.466 e. The molecule has 2 unspecified atom stereocenters. The number of carbonyl (C=O) groups is 2. The zero-order valence-corrected chi connectivity index (χ0v) is 52.2. The Hall–Kier alpha value is -1.66. The number of nitrogens with one attached hydrogen (secondary N) is 1. The third-order valence-corrected chi connectivity index (χ3v) is 16.5. The average molecular weight is 1080 g/mol. The van der Waals surface area contributed by atoms with Crippen LogP contribution in [0, 0.1) is 0 Å². The Balaban J connectivity index is 3.36. The molecule has 0 rings (SSSR count). The number of carbonyl (C=O) groups excluding carboxylic acids is 2. The molecule has 0 radical (unpaired) electrons. The molecule has 6 heteroatoms. The molecule has 0 aliphatic carbocycles. The van der Waals surface area contributed by atoms with Crippen molar-refractivity contribution in [2.45, 2.75) is 405 Å². The second kappa shape index (κ2) is 66.8. The van der Waals surface area contributed by atoms with Gasteiger partial charge in [0.05, 0.1) is 25.4 Å². The lowest BCUT2D eigenvalue weighted by atomic mass is 10.0. The highest BCUT2D eigenvalue weighted by Gasteiger charge is 2.20. The van der Waals surface area contributed by atoms with Crippen LogP contribution in [0.1, 0.15) is 393 Å². The minimum Gasteiger partial charge on any atom is -0.466 e. The standard InChI is InChI=1S/C71H137NO5/c1-3-5-7-9-11-13-15-17-19-21-29-32-35-39-43-47-51-55-59-63-69(74)68(67-73)72-70(75)64-60-56-52-48-44-40-36-33-30-27-25-23-22-24-26-28-31-34-38-42-46-50-54-58-62-66-77-71(76)65-61-57-53-49-45-41-37-20-18-16-14-12-10-8-6-4-2/h14,16,20,37,68-69,73-74H,3-13,15,17-19,21-36,38-67H2,1-2H3,(H,72,75)/b16-14-,37-20-. The molecular formula is C71H137NO5. The Bertz CT molecular complexity index is 1200. The highest BCUT2D eigenvalue weighted by atomic mass is 16.5. The lowest BCUT2D eigenvalue weighted by Crippen LogP contribution is -2.45. The first kappa shape index (κ1) is 75.3. The number of aliphatic hydroxyl groups is 2. The summed E-state index contributed by atoms with van der Waals surface area (Å²) < 4.78 is 5.49. The van der Waals surface area contributed by atoms with E-state index in [0.29, 0.717) is 25.9 Å². The van der Waals surface area contributed by atoms with Crippen LogP contribution >= 0.6 is 0 Å². The van der Waals surface area contributed by atoms with Crippen LogP contribution in [0.3, 0.4) is 0 Å². The monoisotopic (exact) mass is 1080 g/mol. The lowest BCUT2D eigenvalue weighted by Gasteiger charge is -2.22. The van der Waals surface area contributed by atoms with Gasteiger partial charge in [-0.1, -0.05) is 346 Å². The van der Waals surface area contributed by atoms with Gasteiger partial charge in [0.2, 0.25) is 5.91 Å². The summed E-state index contributed by atoms with van der Waals surface area (Å²) in [6, 6.07) is -0.541. The van der Waals surface area contributed by atoms with Crippen molar-refractivity contribution in [3.8, 4) is 0 Å². The molecule has 0 aromatic rings. The number of hydrogen-bond donors (Lipinski definition) is 3. The van der Waals surface area contributed by atoms with Gasteiger partial charge < -0.3 is 20.3 Å². The molecule has 77 heavy (non-hydrogen) atoms. The highest BCUT2D eigenvalue weighted by Crippen LogP contribution is 2.19. The smallest absolute Gasteiger partial charge is 0.305 e. The fourth-order valence-corrected chi connectivity index (χ4v) is 11.1. The van der Waals surface area contributed by atoms with Crippen LogP contribution in [0.4, 0.5) is 0 Å². The molecule has 456 valence electrons. The summed E-state index contributed by atoms with van der Waals surface area (Å²) in [4.78, 5) is 24.6. The molecule has 2 atom stereocenters. The minimum atomic E-state index is -0.664. The van der Waals surface area contributed by atoms with Crippen LogP contribution in [0.5, 0.6) is 0 Å². The van der Waals surface area contributed by atoms with E-state index in [1.165, 1.54) is 308 Å². The Labute approximate surface area is 481 Å². The summed E-state index contributed by atoms with van der Waals surface area (Å²) in [5.74, 6) is -0.0256. The molecule has 0 saturated carbocycles. The summed E-state index contributed by atoms with van der Waals surface area (Å²) in [6.07, 6.45) is 83.6. The van der Waals surface area contributed by atoms with Crippen molar-refractivity contribution in [2.24, 2.45) is 0 Å². The van der Waals surface area contributed by atoms with Crippen molar-refractivity contribution in [3.63, 3.8) is 0 Å². The van der Waals surface area contributed by atoms with Crippen molar-refractivity contribution < 1.29 is 24.5 Å². The van der Waals surface area contributed by atoms with Crippen LogP contribution in [-0.4, -0.2) is 47.4 Å². The van der Waals surface area contributed by atoms with Gasteiger partial charge in [0.25, 0.3) is 0 Å². The van der Waals surface area contributed by atoms with E-state index < -0.39 is 12.1 Å². The van der Waals surface area contributed by atoms with E-state index in [1.807, 2.05) is 0 Å². The fourth-order valence-electron chi connectivity index (χ4n) is 11.1. The van der Waals surface area contributed by atoms with E-state index in [4.69, 9.17) is 4.74 Å². The quantitative estimate of drug-likeness (QED) is 0.0320. The van der Waals surface area contributed by atoms with E-state index in [0.717, 1.165) is 51.4 Å². The highest BCUT2D eigenvalue weighted by molar-refractivity contribution is 5.76. The second-order valence-electron chi connectivity index (χ2n) is 24.2. The van der Waals surface area contributed by atoms with Gasteiger partial charge in [-0.3, -0.25) is 9.59 Å². The van der Waals surface area contributed by atoms with Crippen molar-refractivity contribution in [3.05, 3.63) is 24.3 Å². The minimum absolute atomic E-state index is 0.00374. The van der Waals surface area contributed by atoms with E-state index in [-0.39, 0.29) is 18.5 Å². The van der Waals surface area contributed by atoms with Gasteiger partial charge in [0.1, 0.15) is 0 Å². The maximum absolute atomic E-state index is 12.5. The summed E-state index contributed by atoms with van der Waals surface area (Å²) in [5, 5.41) is 23.4. The van der Waals surface area contributed by atoms with Crippen LogP contribution in [0.25, 0.3) is 0 Å². The summed E-state index contributed by atoms with van der Waals surface area (Å²) in [6.45, 7) is 4.97. The molecule has 0 spiro atoms. The molecular weight excluding hydrogens is 947 g/mol. The third kappa shape index (κ3) is 63.4. The van der Waals surface area contributed by atoms with Crippen molar-refractivity contribution >= 4 is 11.9 Å². The zero-order valence-electron chi connectivity index (χ0n) is 52.2. The number of ether oxygens (including phenoxy) is 1. The Morgan fingerprint density at radius 3 is 1.00 bits per heavy atom. The first-order valence-electron chi connectivity index (χ1n) is 35.1. The molecule has 0 aliphatic rings. The third-order valence-electron chi connectivity index (χ3n) is 16.5. The summed E-state index contributed by atoms with van der Waals surface area (Å²) >= 11 is 0. The molecule has 0 bridgehead atoms. The zero-order chi connectivity index (χ0) is 55.7. The molecule has 3 N–H and O–H groups in total. The van der Waals surface area contributed by atoms with Gasteiger partial charge in [-0.2, -0.15) is 0 Å². The van der Waals surface area contributed by atoms with Gasteiger partial charge in [-0.25, -0.2) is 0 Å². The maximum Gasteiger partial charge on any atom is 0.305 e. The van der Waals surface area contributed by atoms with Gasteiger partial charge in [-0.15, -0.1) is 0 Å². The number of hydrogen-bond acceptors (Lipinski definition) is 5. The number of esters is 1. The Kier molecular flexibility index (Phi) is 65.4. The fraction of sp³-hybridized carbons (Fsp3) is 0.915. The average Bonchev–Trinajstić information content (AvgIpc) is 3.43. The molecule has 0 fully saturated rings. The van der Waals surface area contributed by atoms with Crippen molar-refractivity contribution in [2.75, 3.05) is 13.2 Å². The topological polar surface area (TPSA) is 95.9 Å². The Morgan fingerprint density at radius 1 is 0.364 bits per heavy atom. The van der Waals surface area contributed by atoms with Crippen molar-refractivity contribution in [1.82, 2.24) is 5.32 Å². The molecule has 0 aromatic carbocycles. The summed E-state index contributed by atoms with van der Waals surface area (Å²) in [5.41, 5.74) is 0. The molecule has 1 amide bonds. The van der Waals surface area contributed by atoms with E-state index in [1.54, 1.807) is 0 Å². The van der Waals surface area contributed by atoms with Crippen LogP contribution < -0.4 is 5.32 Å². The first-order valence-corrected chi connectivity index (χ1v) is 35.1. The first-order chi connectivity index (χ1) is 38.0. The van der Waals surface area contributed by atoms with Gasteiger partial charge >= 0.3 is 5.97 Å². The lowest BCUT2D eigenvalue weighted by molar-refractivity contribution is -0.143. The SMILES string of the molecule is CCCCCC/C=C\C/C=C\CCCCCCCC(=O)OCCCCCCCCCCCCCCCCCCCCCCCCCCCC(=O)NC(CO)C(O)CCCCCCCCCCCCCCCCCCCCC. The van der Waals surface area contributed by atoms with Crippen LogP contribution in [-0.2, 0) is 14.3 Å². The van der Waals surface area contributed by atoms with Crippen LogP contribution in [0.2, 0.25) is 0 Å². The molecule has 0 heterocycles. The van der Waals surface area contributed by atoms with Crippen molar-refractivity contribution in [1.29, 1.82) is 0 Å². The molecule has 6 nitrogen and oxygen atoms in total. The van der Waals surface area contributed by atoms with Gasteiger partial charge in [-0.05, 0) is 57.8 Å². The summed E-state index contributed by atoms with van der Waals surface area (Å²) in [7, 11) is 0. The normalized spacial score (nSPS) is 12.6. The number of aliphatic hydroxyl groups excluding tert-OH is 2. The van der Waals surface area contributed by atoms with Crippen LogP contribution in [0.15, 0.2) is 24.3 Å². The predicted octanol–water partition coefficient (Wildman–Crippen LogP) is 22.5. The maximum atomic E-state index is 12.5. The Morgan fingerprint density at radius 2 is 0.649 bits per heavy atom. The number of allylic oxidation sites excluding steroid dienone is 4. The molecule has 0 saturated heterocycles. The van der Waals surface area contributed by atoms with E-state index in [9.17, 15) is 19.8 Å². The number of rotatable bonds is 66. The number of unbranched alkanes of at least 4 members (excludes halogenated alkanes) is 51. The van der Waals surface area contributed by atoms with E-state index in [2.05, 4.69) is 43.5 Å². The molecule has 0 aromatic heterocycles. The second-order valence-corrected chi connectivity index (χ2v) is 24.2. The van der Waals surface area contributed by atoms with Gasteiger partial charge in [0.15, 0.2) is 0 Å².